The molecule has 0 aliphatic carbocycles. The number of rotatable bonds is 5. The Kier molecular flexibility index (Phi) is 5.99. The maximum atomic E-state index is 12.5. The number of pyridine rings is 1. The van der Waals surface area contributed by atoms with E-state index in [9.17, 15) is 4.79 Å². The van der Waals surface area contributed by atoms with E-state index >= 15 is 0 Å². The fourth-order valence-electron chi connectivity index (χ4n) is 3.16. The van der Waals surface area contributed by atoms with E-state index in [0.717, 1.165) is 30.0 Å². The molecule has 0 radical (unpaired) electrons. The van der Waals surface area contributed by atoms with Crippen molar-refractivity contribution in [2.75, 3.05) is 25.0 Å². The number of hydrogen-bond acceptors (Lipinski definition) is 3. The third kappa shape index (κ3) is 4.47. The van der Waals surface area contributed by atoms with E-state index in [1.807, 2.05) is 43.5 Å². The molecule has 6 heteroatoms. The summed E-state index contributed by atoms with van der Waals surface area (Å²) >= 11 is 6.05. The summed E-state index contributed by atoms with van der Waals surface area (Å²) in [7, 11) is 1.79. The van der Waals surface area contributed by atoms with Crippen LogP contribution < -0.4 is 10.2 Å². The maximum Gasteiger partial charge on any atom is 0.317 e. The lowest BCUT2D eigenvalue weighted by atomic mass is 10.1. The summed E-state index contributed by atoms with van der Waals surface area (Å²) in [6.45, 7) is 4.59. The second kappa shape index (κ2) is 8.41. The first-order valence-corrected chi connectivity index (χ1v) is 9.38. The molecule has 0 bridgehead atoms. The predicted octanol–water partition coefficient (Wildman–Crippen LogP) is 4.24. The maximum absolute atomic E-state index is 12.5. The van der Waals surface area contributed by atoms with Gasteiger partial charge in [-0.2, -0.15) is 0 Å². The molecule has 2 aromatic rings. The van der Waals surface area contributed by atoms with E-state index in [2.05, 4.69) is 21.3 Å². The van der Waals surface area contributed by atoms with E-state index in [0.29, 0.717) is 11.6 Å². The largest absolute Gasteiger partial charge is 0.357 e. The van der Waals surface area contributed by atoms with Crippen molar-refractivity contribution in [3.05, 3.63) is 58.7 Å². The zero-order chi connectivity index (χ0) is 18.5. The molecule has 3 rings (SSSR count). The third-order valence-electron chi connectivity index (χ3n) is 4.92. The summed E-state index contributed by atoms with van der Waals surface area (Å²) in [5, 5.41) is 3.66. The Morgan fingerprint density at radius 2 is 2.08 bits per heavy atom. The Balaban J connectivity index is 1.58. The van der Waals surface area contributed by atoms with Gasteiger partial charge in [-0.15, -0.1) is 0 Å². The number of urea groups is 1. The highest BCUT2D eigenvalue weighted by Gasteiger charge is 2.18. The smallest absolute Gasteiger partial charge is 0.317 e. The standard InChI is InChI=1S/C20H25ClN4O/c1-15(17-6-5-7-18(21)13-17)24(2)20(26)23-14-16-8-9-22-19(12-16)25-10-3-4-11-25/h5-9,12-13,15H,3-4,10-11,14H2,1-2H3,(H,23,26). The van der Waals surface area contributed by atoms with Gasteiger partial charge in [0.2, 0.25) is 0 Å². The van der Waals surface area contributed by atoms with E-state index in [4.69, 9.17) is 11.6 Å². The quantitative estimate of drug-likeness (QED) is 0.854. The van der Waals surface area contributed by atoms with Crippen LogP contribution in [0.2, 0.25) is 5.02 Å². The Morgan fingerprint density at radius 3 is 2.81 bits per heavy atom. The number of anilines is 1. The van der Waals surface area contributed by atoms with Gasteiger partial charge < -0.3 is 15.1 Å². The summed E-state index contributed by atoms with van der Waals surface area (Å²) in [6, 6.07) is 11.4. The average molecular weight is 373 g/mol. The first kappa shape index (κ1) is 18.5. The van der Waals surface area contributed by atoms with Gasteiger partial charge in [0.15, 0.2) is 0 Å². The fraction of sp³-hybridized carbons (Fsp3) is 0.400. The van der Waals surface area contributed by atoms with Crippen LogP contribution in [0.4, 0.5) is 10.6 Å². The van der Waals surface area contributed by atoms with E-state index in [1.165, 1.54) is 12.8 Å². The second-order valence-corrected chi connectivity index (χ2v) is 7.15. The summed E-state index contributed by atoms with van der Waals surface area (Å²) in [4.78, 5) is 20.9. The van der Waals surface area contributed by atoms with Gasteiger partial charge in [0, 0.05) is 37.9 Å². The molecular formula is C20H25ClN4O. The van der Waals surface area contributed by atoms with E-state index in [-0.39, 0.29) is 12.1 Å². The normalized spacial score (nSPS) is 15.0. The number of hydrogen-bond donors (Lipinski definition) is 1. The molecule has 5 nitrogen and oxygen atoms in total. The van der Waals surface area contributed by atoms with Crippen LogP contribution in [0.15, 0.2) is 42.6 Å². The Bertz CT molecular complexity index is 761. The number of carbonyl (C=O) groups is 1. The highest BCUT2D eigenvalue weighted by Crippen LogP contribution is 2.22. The molecule has 138 valence electrons. The van der Waals surface area contributed by atoms with Crippen LogP contribution in [0.3, 0.4) is 0 Å². The van der Waals surface area contributed by atoms with Gasteiger partial charge in [0.1, 0.15) is 5.82 Å². The lowest BCUT2D eigenvalue weighted by molar-refractivity contribution is 0.194. The van der Waals surface area contributed by atoms with Crippen LogP contribution in [0, 0.1) is 0 Å². The van der Waals surface area contributed by atoms with E-state index in [1.54, 1.807) is 11.9 Å². The summed E-state index contributed by atoms with van der Waals surface area (Å²) < 4.78 is 0. The first-order chi connectivity index (χ1) is 12.5. The van der Waals surface area contributed by atoms with Crippen molar-refractivity contribution in [3.8, 4) is 0 Å². The van der Waals surface area contributed by atoms with Crippen molar-refractivity contribution < 1.29 is 4.79 Å². The molecule has 2 heterocycles. The van der Waals surface area contributed by atoms with Gasteiger partial charge in [-0.3, -0.25) is 0 Å². The SMILES string of the molecule is CC(c1cccc(Cl)c1)N(C)C(=O)NCc1ccnc(N2CCCC2)c1. The van der Waals surface area contributed by atoms with Crippen molar-refractivity contribution in [3.63, 3.8) is 0 Å². The number of nitrogens with one attached hydrogen (secondary N) is 1. The van der Waals surface area contributed by atoms with Gasteiger partial charge in [-0.05, 0) is 55.2 Å². The van der Waals surface area contributed by atoms with Crippen molar-refractivity contribution in [2.45, 2.75) is 32.4 Å². The number of halogens is 1. The van der Waals surface area contributed by atoms with Gasteiger partial charge in [-0.25, -0.2) is 9.78 Å². The van der Waals surface area contributed by atoms with Crippen LogP contribution in [0.1, 0.15) is 36.9 Å². The lowest BCUT2D eigenvalue weighted by Gasteiger charge is -2.26. The number of amides is 2. The van der Waals surface area contributed by atoms with E-state index < -0.39 is 0 Å². The molecule has 1 aliphatic heterocycles. The zero-order valence-electron chi connectivity index (χ0n) is 15.3. The summed E-state index contributed by atoms with van der Waals surface area (Å²) in [5.41, 5.74) is 2.06. The molecule has 1 fully saturated rings. The topological polar surface area (TPSA) is 48.5 Å². The van der Waals surface area contributed by atoms with Gasteiger partial charge >= 0.3 is 6.03 Å². The monoisotopic (exact) mass is 372 g/mol. The number of aromatic nitrogens is 1. The lowest BCUT2D eigenvalue weighted by Crippen LogP contribution is -2.38. The van der Waals surface area contributed by atoms with Crippen LogP contribution in [-0.2, 0) is 6.54 Å². The highest BCUT2D eigenvalue weighted by molar-refractivity contribution is 6.30. The zero-order valence-corrected chi connectivity index (χ0v) is 16.0. The van der Waals surface area contributed by atoms with Crippen LogP contribution in [0.5, 0.6) is 0 Å². The van der Waals surface area contributed by atoms with Crippen molar-refractivity contribution in [2.24, 2.45) is 0 Å². The number of carbonyl (C=O) groups excluding carboxylic acids is 1. The Morgan fingerprint density at radius 1 is 1.31 bits per heavy atom. The summed E-state index contributed by atoms with van der Waals surface area (Å²) in [5.74, 6) is 0.995. The Labute approximate surface area is 160 Å². The van der Waals surface area contributed by atoms with Gasteiger partial charge in [-0.1, -0.05) is 23.7 Å². The third-order valence-corrected chi connectivity index (χ3v) is 5.15. The predicted molar refractivity (Wildman–Crippen MR) is 106 cm³/mol. The minimum absolute atomic E-state index is 0.0636. The number of benzene rings is 1. The number of nitrogens with zero attached hydrogens (tertiary/aromatic N) is 3. The molecule has 1 atom stereocenters. The molecule has 1 aliphatic rings. The highest BCUT2D eigenvalue weighted by atomic mass is 35.5. The molecule has 0 spiro atoms. The Hall–Kier alpha value is -2.27. The molecule has 1 saturated heterocycles. The average Bonchev–Trinajstić information content (AvgIpc) is 3.20. The van der Waals surface area contributed by atoms with Crippen molar-refractivity contribution >= 4 is 23.4 Å². The molecule has 26 heavy (non-hydrogen) atoms. The first-order valence-electron chi connectivity index (χ1n) is 9.00. The van der Waals surface area contributed by atoms with Crippen LogP contribution in [-0.4, -0.2) is 36.1 Å². The van der Waals surface area contributed by atoms with Crippen LogP contribution >= 0.6 is 11.6 Å². The minimum atomic E-state index is -0.114. The molecule has 1 unspecified atom stereocenters. The fourth-order valence-corrected chi connectivity index (χ4v) is 3.36. The molecular weight excluding hydrogens is 348 g/mol. The van der Waals surface area contributed by atoms with Gasteiger partial charge in [0.25, 0.3) is 0 Å². The van der Waals surface area contributed by atoms with Crippen LogP contribution in [0.25, 0.3) is 0 Å². The molecule has 0 saturated carbocycles. The molecule has 2 amide bonds. The molecule has 1 aromatic carbocycles. The molecule has 1 aromatic heterocycles. The van der Waals surface area contributed by atoms with Crippen molar-refractivity contribution in [1.29, 1.82) is 0 Å². The minimum Gasteiger partial charge on any atom is -0.357 e. The summed E-state index contributed by atoms with van der Waals surface area (Å²) in [6.07, 6.45) is 4.25. The second-order valence-electron chi connectivity index (χ2n) is 6.72. The van der Waals surface area contributed by atoms with Crippen molar-refractivity contribution in [1.82, 2.24) is 15.2 Å². The van der Waals surface area contributed by atoms with Gasteiger partial charge in [0.05, 0.1) is 6.04 Å². The molecule has 1 N–H and O–H groups in total.